The summed E-state index contributed by atoms with van der Waals surface area (Å²) in [5.74, 6) is 0. The quantitative estimate of drug-likeness (QED) is 0.924. The molecule has 0 fully saturated rings. The van der Waals surface area contributed by atoms with Gasteiger partial charge in [0.15, 0.2) is 0 Å². The molecule has 1 aromatic heterocycles. The molecule has 1 heterocycles. The van der Waals surface area contributed by atoms with Gasteiger partial charge in [-0.2, -0.15) is 0 Å². The van der Waals surface area contributed by atoms with Crippen molar-refractivity contribution in [2.75, 3.05) is 5.73 Å². The van der Waals surface area contributed by atoms with Crippen molar-refractivity contribution in [3.05, 3.63) is 61.3 Å². The van der Waals surface area contributed by atoms with Crippen LogP contribution in [-0.2, 0) is 13.1 Å². The van der Waals surface area contributed by atoms with Crippen molar-refractivity contribution in [1.82, 2.24) is 9.13 Å². The van der Waals surface area contributed by atoms with Crippen LogP contribution in [0.25, 0.3) is 0 Å². The summed E-state index contributed by atoms with van der Waals surface area (Å²) in [6.07, 6.45) is 2.22. The number of halogens is 1. The van der Waals surface area contributed by atoms with Gasteiger partial charge < -0.3 is 5.73 Å². The van der Waals surface area contributed by atoms with Gasteiger partial charge in [0.2, 0.25) is 0 Å². The first-order valence-electron chi connectivity index (χ1n) is 6.37. The average Bonchev–Trinajstić information content (AvgIpc) is 2.43. The van der Waals surface area contributed by atoms with Gasteiger partial charge in [-0.15, -0.1) is 0 Å². The van der Waals surface area contributed by atoms with E-state index in [1.165, 1.54) is 15.3 Å². The first-order valence-corrected chi connectivity index (χ1v) is 7.16. The summed E-state index contributed by atoms with van der Waals surface area (Å²) in [5, 5.41) is 0. The molecule has 0 amide bonds. The standard InChI is InChI=1S/C14H16BrN3O2/c1-2-7-17-9-12(16)13(19)18(14(17)20)8-10-3-5-11(15)6-4-10/h3-6,9H,2,7-8,16H2,1H3. The van der Waals surface area contributed by atoms with Crippen LogP contribution in [0.5, 0.6) is 0 Å². The van der Waals surface area contributed by atoms with Crippen LogP contribution >= 0.6 is 15.9 Å². The zero-order valence-electron chi connectivity index (χ0n) is 11.2. The number of nitrogen functional groups attached to an aromatic ring is 1. The number of rotatable bonds is 4. The van der Waals surface area contributed by atoms with E-state index in [-0.39, 0.29) is 17.9 Å². The fourth-order valence-corrected chi connectivity index (χ4v) is 2.25. The summed E-state index contributed by atoms with van der Waals surface area (Å²) in [5.41, 5.74) is 5.90. The van der Waals surface area contributed by atoms with Crippen LogP contribution in [0.4, 0.5) is 5.69 Å². The summed E-state index contributed by atoms with van der Waals surface area (Å²) >= 11 is 3.35. The van der Waals surface area contributed by atoms with Crippen LogP contribution in [0.3, 0.4) is 0 Å². The fraction of sp³-hybridized carbons (Fsp3) is 0.286. The van der Waals surface area contributed by atoms with Crippen LogP contribution in [0.15, 0.2) is 44.5 Å². The average molecular weight is 338 g/mol. The number of hydrogen-bond donors (Lipinski definition) is 1. The maximum Gasteiger partial charge on any atom is 0.331 e. The van der Waals surface area contributed by atoms with Gasteiger partial charge in [-0.1, -0.05) is 35.0 Å². The highest BCUT2D eigenvalue weighted by Crippen LogP contribution is 2.10. The molecular formula is C14H16BrN3O2. The number of benzene rings is 1. The van der Waals surface area contributed by atoms with E-state index in [1.54, 1.807) is 0 Å². The molecule has 0 atom stereocenters. The molecule has 6 heteroatoms. The third kappa shape index (κ3) is 3.01. The second-order valence-electron chi connectivity index (χ2n) is 4.58. The SMILES string of the molecule is CCCn1cc(N)c(=O)n(Cc2ccc(Br)cc2)c1=O. The Morgan fingerprint density at radius 2 is 1.85 bits per heavy atom. The zero-order valence-corrected chi connectivity index (χ0v) is 12.8. The smallest absolute Gasteiger partial charge is 0.331 e. The molecule has 5 nitrogen and oxygen atoms in total. The Balaban J connectivity index is 2.47. The Kier molecular flexibility index (Phi) is 4.44. The van der Waals surface area contributed by atoms with Gasteiger partial charge in [-0.25, -0.2) is 4.79 Å². The van der Waals surface area contributed by atoms with Crippen molar-refractivity contribution in [3.63, 3.8) is 0 Å². The molecular weight excluding hydrogens is 322 g/mol. The van der Waals surface area contributed by atoms with E-state index in [4.69, 9.17) is 5.73 Å². The van der Waals surface area contributed by atoms with Gasteiger partial charge in [-0.05, 0) is 24.1 Å². The Morgan fingerprint density at radius 3 is 2.45 bits per heavy atom. The predicted molar refractivity (Wildman–Crippen MR) is 82.9 cm³/mol. The number of hydrogen-bond acceptors (Lipinski definition) is 3. The molecule has 1 aromatic carbocycles. The van der Waals surface area contributed by atoms with Crippen molar-refractivity contribution >= 4 is 21.6 Å². The van der Waals surface area contributed by atoms with Crippen molar-refractivity contribution in [2.24, 2.45) is 0 Å². The lowest BCUT2D eigenvalue weighted by atomic mass is 10.2. The summed E-state index contributed by atoms with van der Waals surface area (Å²) in [6, 6.07) is 7.47. The number of nitrogens with two attached hydrogens (primary N) is 1. The predicted octanol–water partition coefficient (Wildman–Crippen LogP) is 1.81. The van der Waals surface area contributed by atoms with Crippen LogP contribution < -0.4 is 17.0 Å². The molecule has 0 aliphatic heterocycles. The molecule has 0 saturated carbocycles. The molecule has 20 heavy (non-hydrogen) atoms. The van der Waals surface area contributed by atoms with Gasteiger partial charge in [0.1, 0.15) is 5.69 Å². The highest BCUT2D eigenvalue weighted by atomic mass is 79.9. The molecule has 0 aliphatic rings. The van der Waals surface area contributed by atoms with Crippen molar-refractivity contribution < 1.29 is 0 Å². The number of aromatic nitrogens is 2. The maximum atomic E-state index is 12.3. The van der Waals surface area contributed by atoms with Gasteiger partial charge in [-0.3, -0.25) is 13.9 Å². The Labute approximate surface area is 124 Å². The lowest BCUT2D eigenvalue weighted by molar-refractivity contribution is 0.573. The molecule has 2 N–H and O–H groups in total. The van der Waals surface area contributed by atoms with E-state index in [2.05, 4.69) is 15.9 Å². The van der Waals surface area contributed by atoms with Gasteiger partial charge in [0.05, 0.1) is 6.54 Å². The van der Waals surface area contributed by atoms with Gasteiger partial charge >= 0.3 is 5.69 Å². The molecule has 0 bridgehead atoms. The van der Waals surface area contributed by atoms with Crippen molar-refractivity contribution in [1.29, 1.82) is 0 Å². The summed E-state index contributed by atoms with van der Waals surface area (Å²) in [7, 11) is 0. The molecule has 0 saturated heterocycles. The van der Waals surface area contributed by atoms with Crippen LogP contribution in [0.1, 0.15) is 18.9 Å². The normalized spacial score (nSPS) is 10.7. The van der Waals surface area contributed by atoms with Crippen LogP contribution in [-0.4, -0.2) is 9.13 Å². The fourth-order valence-electron chi connectivity index (χ4n) is 1.99. The Morgan fingerprint density at radius 1 is 1.20 bits per heavy atom. The van der Waals surface area contributed by atoms with Crippen molar-refractivity contribution in [2.45, 2.75) is 26.4 Å². The first-order chi connectivity index (χ1) is 9.52. The van der Waals surface area contributed by atoms with Gasteiger partial charge in [0.25, 0.3) is 5.56 Å². The third-order valence-electron chi connectivity index (χ3n) is 2.98. The van der Waals surface area contributed by atoms with Crippen LogP contribution in [0.2, 0.25) is 0 Å². The molecule has 0 aliphatic carbocycles. The van der Waals surface area contributed by atoms with E-state index in [1.807, 2.05) is 31.2 Å². The van der Waals surface area contributed by atoms with E-state index in [0.29, 0.717) is 6.54 Å². The Hall–Kier alpha value is -1.82. The van der Waals surface area contributed by atoms with E-state index in [0.717, 1.165) is 16.5 Å². The minimum Gasteiger partial charge on any atom is -0.393 e. The first kappa shape index (κ1) is 14.6. The number of anilines is 1. The zero-order chi connectivity index (χ0) is 14.7. The van der Waals surface area contributed by atoms with E-state index < -0.39 is 5.56 Å². The summed E-state index contributed by atoms with van der Waals surface area (Å²) < 4.78 is 3.61. The molecule has 2 aromatic rings. The van der Waals surface area contributed by atoms with E-state index >= 15 is 0 Å². The lowest BCUT2D eigenvalue weighted by Gasteiger charge is -2.11. The maximum absolute atomic E-state index is 12.3. The number of aryl methyl sites for hydroxylation is 1. The van der Waals surface area contributed by atoms with Crippen molar-refractivity contribution in [3.8, 4) is 0 Å². The van der Waals surface area contributed by atoms with Gasteiger partial charge in [0, 0.05) is 17.2 Å². The Bertz CT molecular complexity index is 717. The highest BCUT2D eigenvalue weighted by Gasteiger charge is 2.09. The molecule has 0 radical (unpaired) electrons. The molecule has 106 valence electrons. The number of nitrogens with zero attached hydrogens (tertiary/aromatic N) is 2. The minimum atomic E-state index is -0.440. The minimum absolute atomic E-state index is 0.0927. The largest absolute Gasteiger partial charge is 0.393 e. The topological polar surface area (TPSA) is 70.0 Å². The lowest BCUT2D eigenvalue weighted by Crippen LogP contribution is -2.40. The van der Waals surface area contributed by atoms with E-state index in [9.17, 15) is 9.59 Å². The highest BCUT2D eigenvalue weighted by molar-refractivity contribution is 9.10. The summed E-state index contributed by atoms with van der Waals surface area (Å²) in [6.45, 7) is 2.73. The second kappa shape index (κ2) is 6.09. The monoisotopic (exact) mass is 337 g/mol. The molecule has 0 unspecified atom stereocenters. The summed E-state index contributed by atoms with van der Waals surface area (Å²) in [4.78, 5) is 24.3. The van der Waals surface area contributed by atoms with Crippen LogP contribution in [0, 0.1) is 0 Å². The second-order valence-corrected chi connectivity index (χ2v) is 5.49. The third-order valence-corrected chi connectivity index (χ3v) is 3.51. The molecule has 0 spiro atoms. The molecule has 2 rings (SSSR count).